The second-order valence-electron chi connectivity index (χ2n) is 2.25. The molecule has 2 unspecified atom stereocenters. The number of rotatable bonds is 3. The van der Waals surface area contributed by atoms with Crippen molar-refractivity contribution in [1.82, 2.24) is 5.32 Å². The topological polar surface area (TPSA) is 56.5 Å². The lowest BCUT2D eigenvalue weighted by atomic mass is 10.2. The van der Waals surface area contributed by atoms with Gasteiger partial charge in [-0.1, -0.05) is 0 Å². The van der Waals surface area contributed by atoms with Crippen LogP contribution in [0.1, 0.15) is 6.42 Å². The third-order valence-corrected chi connectivity index (χ3v) is 1.58. The molecule has 1 aliphatic heterocycles. The van der Waals surface area contributed by atoms with Crippen LogP contribution in [-0.4, -0.2) is 25.4 Å². The molecule has 1 heterocycles. The van der Waals surface area contributed by atoms with Crippen molar-refractivity contribution in [2.75, 3.05) is 13.2 Å². The largest absolute Gasteiger partial charge is 0.309 e. The lowest BCUT2D eigenvalue weighted by molar-refractivity contribution is -0.303. The Morgan fingerprint density at radius 2 is 2.50 bits per heavy atom. The molecule has 4 nitrogen and oxygen atoms in total. The van der Waals surface area contributed by atoms with Gasteiger partial charge in [-0.3, -0.25) is 0 Å². The molecule has 1 aliphatic rings. The Balaban J connectivity index is 2.14. The van der Waals surface area contributed by atoms with Crippen LogP contribution in [0.25, 0.3) is 0 Å². The Labute approximate surface area is 58.4 Å². The summed E-state index contributed by atoms with van der Waals surface area (Å²) < 4.78 is 12.7. The van der Waals surface area contributed by atoms with Crippen molar-refractivity contribution >= 4 is 0 Å². The van der Waals surface area contributed by atoms with Crippen molar-refractivity contribution in [3.63, 3.8) is 0 Å². The smallest absolute Gasteiger partial charge is 0.119 e. The SMILES string of the molecule is NOOCC1NCCC1F. The molecular weight excluding hydrogens is 139 g/mol. The number of hydrogen-bond donors (Lipinski definition) is 2. The van der Waals surface area contributed by atoms with Gasteiger partial charge in [0.2, 0.25) is 0 Å². The summed E-state index contributed by atoms with van der Waals surface area (Å²) in [6, 6.07) is -0.261. The average molecular weight is 150 g/mol. The first kappa shape index (κ1) is 7.87. The molecule has 0 spiro atoms. The minimum absolute atomic E-state index is 0.164. The highest BCUT2D eigenvalue weighted by molar-refractivity contribution is 4.82. The van der Waals surface area contributed by atoms with E-state index in [0.717, 1.165) is 0 Å². The third kappa shape index (κ3) is 1.88. The molecule has 2 atom stereocenters. The van der Waals surface area contributed by atoms with Crippen molar-refractivity contribution in [2.45, 2.75) is 18.6 Å². The Morgan fingerprint density at radius 1 is 1.70 bits per heavy atom. The average Bonchev–Trinajstić information content (AvgIpc) is 2.31. The number of alkyl halides is 1. The molecule has 0 aromatic rings. The van der Waals surface area contributed by atoms with Crippen LogP contribution >= 0.6 is 0 Å². The maximum Gasteiger partial charge on any atom is 0.119 e. The number of halogens is 1. The van der Waals surface area contributed by atoms with E-state index in [0.29, 0.717) is 13.0 Å². The second-order valence-corrected chi connectivity index (χ2v) is 2.25. The Hall–Kier alpha value is -0.230. The van der Waals surface area contributed by atoms with Crippen molar-refractivity contribution < 1.29 is 14.3 Å². The lowest BCUT2D eigenvalue weighted by Crippen LogP contribution is -2.33. The first-order valence-corrected chi connectivity index (χ1v) is 3.20. The van der Waals surface area contributed by atoms with Gasteiger partial charge in [0.05, 0.1) is 6.04 Å². The summed E-state index contributed by atoms with van der Waals surface area (Å²) in [4.78, 5) is 8.21. The summed E-state index contributed by atoms with van der Waals surface area (Å²) >= 11 is 0. The number of hydrogen-bond acceptors (Lipinski definition) is 4. The van der Waals surface area contributed by atoms with Crippen LogP contribution in [0.5, 0.6) is 0 Å². The van der Waals surface area contributed by atoms with Gasteiger partial charge in [-0.25, -0.2) is 9.28 Å². The molecule has 0 saturated carbocycles. The molecule has 5 heteroatoms. The fourth-order valence-electron chi connectivity index (χ4n) is 1.01. The van der Waals surface area contributed by atoms with E-state index < -0.39 is 6.17 Å². The van der Waals surface area contributed by atoms with Gasteiger partial charge in [0.15, 0.2) is 0 Å². The van der Waals surface area contributed by atoms with Gasteiger partial charge in [-0.2, -0.15) is 5.90 Å². The van der Waals surface area contributed by atoms with Gasteiger partial charge in [0, 0.05) is 0 Å². The molecule has 0 aliphatic carbocycles. The monoisotopic (exact) mass is 150 g/mol. The summed E-state index contributed by atoms with van der Waals surface area (Å²) in [5.74, 6) is 4.58. The van der Waals surface area contributed by atoms with E-state index in [1.165, 1.54) is 0 Å². The molecule has 0 bridgehead atoms. The van der Waals surface area contributed by atoms with Crippen LogP contribution in [0.3, 0.4) is 0 Å². The van der Waals surface area contributed by atoms with Crippen LogP contribution in [0.2, 0.25) is 0 Å². The van der Waals surface area contributed by atoms with Gasteiger partial charge in [0.25, 0.3) is 0 Å². The standard InChI is InChI=1S/C5H11FN2O2/c6-4-1-2-8-5(4)3-9-10-7/h4-5,8H,1-3,7H2. The summed E-state index contributed by atoms with van der Waals surface area (Å²) in [6.45, 7) is 0.859. The van der Waals surface area contributed by atoms with Gasteiger partial charge >= 0.3 is 0 Å². The van der Waals surface area contributed by atoms with Gasteiger partial charge in [-0.05, 0) is 13.0 Å². The van der Waals surface area contributed by atoms with Gasteiger partial charge < -0.3 is 5.32 Å². The molecule has 0 radical (unpaired) electrons. The summed E-state index contributed by atoms with van der Waals surface area (Å²) in [5.41, 5.74) is 0. The zero-order chi connectivity index (χ0) is 7.40. The van der Waals surface area contributed by atoms with Crippen LogP contribution in [0.15, 0.2) is 0 Å². The quantitative estimate of drug-likeness (QED) is 0.421. The molecule has 0 amide bonds. The summed E-state index contributed by atoms with van der Waals surface area (Å²) in [6.07, 6.45) is -0.298. The molecule has 0 aromatic carbocycles. The van der Waals surface area contributed by atoms with E-state index >= 15 is 0 Å². The van der Waals surface area contributed by atoms with Gasteiger partial charge in [-0.15, -0.1) is 4.99 Å². The fourth-order valence-corrected chi connectivity index (χ4v) is 1.01. The Bertz CT molecular complexity index is 104. The number of nitrogens with one attached hydrogen (secondary N) is 1. The fraction of sp³-hybridized carbons (Fsp3) is 1.00. The van der Waals surface area contributed by atoms with E-state index in [9.17, 15) is 4.39 Å². The van der Waals surface area contributed by atoms with E-state index in [2.05, 4.69) is 21.1 Å². The highest BCUT2D eigenvalue weighted by Crippen LogP contribution is 2.10. The molecule has 1 fully saturated rings. The first-order chi connectivity index (χ1) is 4.84. The van der Waals surface area contributed by atoms with Crippen LogP contribution in [0, 0.1) is 0 Å². The van der Waals surface area contributed by atoms with Crippen molar-refractivity contribution in [3.8, 4) is 0 Å². The maximum absolute atomic E-state index is 12.7. The second kappa shape index (κ2) is 3.82. The van der Waals surface area contributed by atoms with E-state index in [-0.39, 0.29) is 12.6 Å². The lowest BCUT2D eigenvalue weighted by Gasteiger charge is -2.10. The molecular formula is C5H11FN2O2. The van der Waals surface area contributed by atoms with E-state index in [1.807, 2.05) is 0 Å². The van der Waals surface area contributed by atoms with Crippen LogP contribution in [0.4, 0.5) is 4.39 Å². The summed E-state index contributed by atoms with van der Waals surface area (Å²) in [5, 5.41) is 2.91. The van der Waals surface area contributed by atoms with Crippen LogP contribution in [-0.2, 0) is 9.88 Å². The molecule has 1 saturated heterocycles. The number of nitrogens with two attached hydrogens (primary N) is 1. The summed E-state index contributed by atoms with van der Waals surface area (Å²) in [7, 11) is 0. The van der Waals surface area contributed by atoms with E-state index in [1.54, 1.807) is 0 Å². The van der Waals surface area contributed by atoms with E-state index in [4.69, 9.17) is 0 Å². The highest BCUT2D eigenvalue weighted by atomic mass is 19.1. The van der Waals surface area contributed by atoms with Crippen molar-refractivity contribution in [1.29, 1.82) is 0 Å². The molecule has 60 valence electrons. The zero-order valence-corrected chi connectivity index (χ0v) is 5.55. The minimum atomic E-state index is -0.838. The maximum atomic E-state index is 12.7. The first-order valence-electron chi connectivity index (χ1n) is 3.20. The molecule has 1 rings (SSSR count). The van der Waals surface area contributed by atoms with Crippen LogP contribution < -0.4 is 11.2 Å². The molecule has 3 N–H and O–H groups in total. The predicted molar refractivity (Wildman–Crippen MR) is 32.5 cm³/mol. The highest BCUT2D eigenvalue weighted by Gasteiger charge is 2.26. The normalized spacial score (nSPS) is 33.0. The zero-order valence-electron chi connectivity index (χ0n) is 5.55. The molecule has 10 heavy (non-hydrogen) atoms. The molecule has 0 aromatic heterocycles. The Morgan fingerprint density at radius 3 is 3.00 bits per heavy atom. The minimum Gasteiger partial charge on any atom is -0.309 e. The third-order valence-electron chi connectivity index (χ3n) is 1.58. The van der Waals surface area contributed by atoms with Crippen molar-refractivity contribution in [3.05, 3.63) is 0 Å². The predicted octanol–water partition coefficient (Wildman–Crippen LogP) is -0.492. The van der Waals surface area contributed by atoms with Crippen molar-refractivity contribution in [2.24, 2.45) is 5.90 Å². The van der Waals surface area contributed by atoms with Gasteiger partial charge in [0.1, 0.15) is 12.8 Å². The Kier molecular flexibility index (Phi) is 3.01.